The van der Waals surface area contributed by atoms with Gasteiger partial charge in [-0.15, -0.1) is 0 Å². The number of thiocarbonyl (C=S) groups is 1. The highest BCUT2D eigenvalue weighted by Gasteiger charge is 2.02. The number of aryl methyl sites for hydroxylation is 1. The van der Waals surface area contributed by atoms with Crippen LogP contribution in [0.15, 0.2) is 41.1 Å². The van der Waals surface area contributed by atoms with E-state index in [1.165, 1.54) is 5.56 Å². The van der Waals surface area contributed by atoms with Crippen molar-refractivity contribution in [3.8, 4) is 0 Å². The number of halogens is 1. The van der Waals surface area contributed by atoms with Gasteiger partial charge in [-0.2, -0.15) is 5.10 Å². The Morgan fingerprint density at radius 3 is 2.90 bits per heavy atom. The average molecular weight is 353 g/mol. The number of nitrogens with zero attached hydrogens (tertiary/aromatic N) is 2. The molecule has 0 atom stereocenters. The van der Waals surface area contributed by atoms with Gasteiger partial charge in [-0.3, -0.25) is 4.68 Å². The summed E-state index contributed by atoms with van der Waals surface area (Å²) in [5, 5.41) is 11.2. The molecule has 0 saturated carbocycles. The molecule has 0 aliphatic carbocycles. The Morgan fingerprint density at radius 1 is 1.40 bits per heavy atom. The van der Waals surface area contributed by atoms with Crippen molar-refractivity contribution in [3.63, 3.8) is 0 Å². The highest BCUT2D eigenvalue weighted by molar-refractivity contribution is 9.10. The topological polar surface area (TPSA) is 41.9 Å². The molecule has 6 heteroatoms. The van der Waals surface area contributed by atoms with Gasteiger partial charge in [-0.05, 0) is 46.2 Å². The lowest BCUT2D eigenvalue weighted by atomic mass is 10.1. The van der Waals surface area contributed by atoms with E-state index in [0.29, 0.717) is 5.11 Å². The first-order chi connectivity index (χ1) is 9.69. The van der Waals surface area contributed by atoms with Gasteiger partial charge >= 0.3 is 0 Å². The Labute approximate surface area is 132 Å². The van der Waals surface area contributed by atoms with E-state index in [1.54, 1.807) is 6.20 Å². The number of para-hydroxylation sites is 1. The molecule has 0 aliphatic rings. The van der Waals surface area contributed by atoms with Gasteiger partial charge in [-0.1, -0.05) is 25.1 Å². The van der Waals surface area contributed by atoms with Crippen molar-refractivity contribution in [2.45, 2.75) is 19.9 Å². The number of nitrogens with one attached hydrogen (secondary N) is 2. The Balaban J connectivity index is 1.80. The van der Waals surface area contributed by atoms with Gasteiger partial charge in [0, 0.05) is 18.4 Å². The van der Waals surface area contributed by atoms with Crippen molar-refractivity contribution < 1.29 is 0 Å². The minimum atomic E-state index is 0.636. The maximum Gasteiger partial charge on any atom is 0.170 e. The number of hydrogen-bond donors (Lipinski definition) is 2. The Hall–Kier alpha value is -1.40. The smallest absolute Gasteiger partial charge is 0.170 e. The van der Waals surface area contributed by atoms with E-state index >= 15 is 0 Å². The Bertz CT molecular complexity index is 582. The van der Waals surface area contributed by atoms with Gasteiger partial charge in [0.05, 0.1) is 17.2 Å². The molecule has 2 aromatic rings. The zero-order valence-electron chi connectivity index (χ0n) is 11.3. The summed E-state index contributed by atoms with van der Waals surface area (Å²) in [6.45, 7) is 3.63. The van der Waals surface area contributed by atoms with E-state index in [-0.39, 0.29) is 0 Å². The van der Waals surface area contributed by atoms with Gasteiger partial charge in [-0.25, -0.2) is 0 Å². The fourth-order valence-corrected chi connectivity index (χ4v) is 2.40. The minimum absolute atomic E-state index is 0.636. The summed E-state index contributed by atoms with van der Waals surface area (Å²) in [7, 11) is 0. The lowest BCUT2D eigenvalue weighted by molar-refractivity contribution is 0.604. The van der Waals surface area contributed by atoms with Crippen molar-refractivity contribution in [2.24, 2.45) is 0 Å². The largest absolute Gasteiger partial charge is 0.361 e. The van der Waals surface area contributed by atoms with Crippen LogP contribution in [0.1, 0.15) is 12.5 Å². The monoisotopic (exact) mass is 352 g/mol. The number of hydrogen-bond acceptors (Lipinski definition) is 2. The van der Waals surface area contributed by atoms with Gasteiger partial charge in [0.15, 0.2) is 5.11 Å². The summed E-state index contributed by atoms with van der Waals surface area (Å²) < 4.78 is 2.84. The molecule has 0 spiro atoms. The molecule has 0 saturated heterocycles. The van der Waals surface area contributed by atoms with E-state index in [4.69, 9.17) is 12.2 Å². The predicted molar refractivity (Wildman–Crippen MR) is 90.0 cm³/mol. The lowest BCUT2D eigenvalue weighted by Gasteiger charge is -2.13. The van der Waals surface area contributed by atoms with Crippen molar-refractivity contribution in [2.75, 3.05) is 11.9 Å². The lowest BCUT2D eigenvalue weighted by Crippen LogP contribution is -2.31. The van der Waals surface area contributed by atoms with Crippen molar-refractivity contribution >= 4 is 38.9 Å². The molecular weight excluding hydrogens is 336 g/mol. The quantitative estimate of drug-likeness (QED) is 0.811. The van der Waals surface area contributed by atoms with E-state index < -0.39 is 0 Å². The summed E-state index contributed by atoms with van der Waals surface area (Å²) in [5.41, 5.74) is 2.32. The van der Waals surface area contributed by atoms with Gasteiger partial charge in [0.25, 0.3) is 0 Å². The fraction of sp³-hybridized carbons (Fsp3) is 0.286. The summed E-state index contributed by atoms with van der Waals surface area (Å²) >= 11 is 8.67. The number of rotatable bonds is 5. The molecule has 20 heavy (non-hydrogen) atoms. The van der Waals surface area contributed by atoms with Crippen molar-refractivity contribution in [1.82, 2.24) is 15.1 Å². The first-order valence-corrected chi connectivity index (χ1v) is 7.70. The van der Waals surface area contributed by atoms with Crippen LogP contribution in [0.5, 0.6) is 0 Å². The molecule has 2 N–H and O–H groups in total. The summed E-state index contributed by atoms with van der Waals surface area (Å²) in [5.74, 6) is 0. The van der Waals surface area contributed by atoms with Crippen LogP contribution >= 0.6 is 28.1 Å². The van der Waals surface area contributed by atoms with Crippen LogP contribution in [0.25, 0.3) is 0 Å². The zero-order chi connectivity index (χ0) is 14.4. The average Bonchev–Trinajstić information content (AvgIpc) is 2.85. The molecule has 0 aliphatic heterocycles. The summed E-state index contributed by atoms with van der Waals surface area (Å²) in [6, 6.07) is 8.19. The standard InChI is InChI=1S/C14H17BrN4S/c1-2-11-5-3-4-6-13(11)18-14(20)16-7-8-19-10-12(15)9-17-19/h3-6,9-10H,2,7-8H2,1H3,(H2,16,18,20). The Kier molecular flexibility index (Phi) is 5.55. The summed E-state index contributed by atoms with van der Waals surface area (Å²) in [6.07, 6.45) is 4.69. The number of aromatic nitrogens is 2. The molecule has 2 rings (SSSR count). The molecule has 0 unspecified atom stereocenters. The second-order valence-corrected chi connectivity index (χ2v) is 5.64. The molecule has 0 radical (unpaired) electrons. The molecule has 1 heterocycles. The molecule has 0 amide bonds. The van der Waals surface area contributed by atoms with Crippen LogP contribution in [-0.2, 0) is 13.0 Å². The van der Waals surface area contributed by atoms with Crippen LogP contribution in [0.3, 0.4) is 0 Å². The highest BCUT2D eigenvalue weighted by Crippen LogP contribution is 2.15. The van der Waals surface area contributed by atoms with E-state index in [1.807, 2.05) is 29.1 Å². The van der Waals surface area contributed by atoms with Crippen LogP contribution in [0, 0.1) is 0 Å². The predicted octanol–water partition coefficient (Wildman–Crippen LogP) is 3.19. The van der Waals surface area contributed by atoms with E-state index in [2.05, 4.69) is 44.7 Å². The maximum atomic E-state index is 5.30. The zero-order valence-corrected chi connectivity index (χ0v) is 13.7. The maximum absolute atomic E-state index is 5.30. The van der Waals surface area contributed by atoms with Crippen LogP contribution in [0.2, 0.25) is 0 Å². The van der Waals surface area contributed by atoms with E-state index in [9.17, 15) is 0 Å². The van der Waals surface area contributed by atoms with Crippen molar-refractivity contribution in [1.29, 1.82) is 0 Å². The minimum Gasteiger partial charge on any atom is -0.361 e. The van der Waals surface area contributed by atoms with Gasteiger partial charge in [0.1, 0.15) is 0 Å². The van der Waals surface area contributed by atoms with Crippen LogP contribution in [-0.4, -0.2) is 21.4 Å². The highest BCUT2D eigenvalue weighted by atomic mass is 79.9. The third kappa shape index (κ3) is 4.31. The number of anilines is 1. The Morgan fingerprint density at radius 2 is 2.20 bits per heavy atom. The normalized spacial score (nSPS) is 10.3. The first kappa shape index (κ1) is 15.0. The molecule has 1 aromatic heterocycles. The van der Waals surface area contributed by atoms with Crippen LogP contribution in [0.4, 0.5) is 5.69 Å². The number of benzene rings is 1. The third-order valence-electron chi connectivity index (χ3n) is 2.87. The first-order valence-electron chi connectivity index (χ1n) is 6.49. The molecule has 4 nitrogen and oxygen atoms in total. The molecule has 0 fully saturated rings. The van der Waals surface area contributed by atoms with Gasteiger partial charge in [0.2, 0.25) is 0 Å². The fourth-order valence-electron chi connectivity index (χ4n) is 1.86. The van der Waals surface area contributed by atoms with Gasteiger partial charge < -0.3 is 10.6 Å². The second kappa shape index (κ2) is 7.40. The van der Waals surface area contributed by atoms with E-state index in [0.717, 1.165) is 29.7 Å². The second-order valence-electron chi connectivity index (χ2n) is 4.31. The molecular formula is C14H17BrN4S. The van der Waals surface area contributed by atoms with Crippen LogP contribution < -0.4 is 10.6 Å². The SMILES string of the molecule is CCc1ccccc1NC(=S)NCCn1cc(Br)cn1. The molecule has 0 bridgehead atoms. The molecule has 1 aromatic carbocycles. The van der Waals surface area contributed by atoms with Crippen molar-refractivity contribution in [3.05, 3.63) is 46.7 Å². The third-order valence-corrected chi connectivity index (χ3v) is 3.53. The molecule has 106 valence electrons. The summed E-state index contributed by atoms with van der Waals surface area (Å²) in [4.78, 5) is 0.